The molecule has 0 aliphatic carbocycles. The Morgan fingerprint density at radius 1 is 0.553 bits per heavy atom. The van der Waals surface area contributed by atoms with Crippen molar-refractivity contribution in [2.75, 3.05) is 26.2 Å². The van der Waals surface area contributed by atoms with Crippen LogP contribution in [0.1, 0.15) is 146 Å². The number of carboxylic acids is 1. The molecule has 0 spiro atoms. The number of carbonyl (C=O) groups is 11. The molecule has 24 N–H and O–H groups in total. The van der Waals surface area contributed by atoms with Gasteiger partial charge in [0.05, 0.1) is 12.1 Å². The quantitative estimate of drug-likeness (QED) is 0.0156. The Bertz CT molecular complexity index is 2290. The Hall–Kier alpha value is -7.41. The van der Waals surface area contributed by atoms with Crippen molar-refractivity contribution in [3.63, 3.8) is 0 Å². The van der Waals surface area contributed by atoms with E-state index in [1.54, 1.807) is 55.4 Å². The minimum atomic E-state index is -1.67. The molecule has 10 amide bonds. The van der Waals surface area contributed by atoms with Gasteiger partial charge in [-0.1, -0.05) is 68.2 Å². The third-order valence-corrected chi connectivity index (χ3v) is 14.3. The van der Waals surface area contributed by atoms with Gasteiger partial charge < -0.3 is 97.8 Å². The summed E-state index contributed by atoms with van der Waals surface area (Å²) in [5, 5.41) is 41.6. The van der Waals surface area contributed by atoms with Gasteiger partial charge in [-0.2, -0.15) is 0 Å². The number of unbranched alkanes of at least 4 members (excludes halogenated alkanes) is 1. The summed E-state index contributed by atoms with van der Waals surface area (Å²) in [6.07, 6.45) is 0.272. The van der Waals surface area contributed by atoms with Crippen molar-refractivity contribution in [2.24, 2.45) is 73.8 Å². The second-order valence-electron chi connectivity index (χ2n) is 22.8. The van der Waals surface area contributed by atoms with Crippen LogP contribution in [-0.2, 0) is 52.7 Å². The van der Waals surface area contributed by atoms with Crippen LogP contribution in [0.4, 0.5) is 0 Å². The number of rotatable bonds is 40. The highest BCUT2D eigenvalue weighted by atomic mass is 16.4. The first kappa shape index (κ1) is 75.6. The number of hydrogen-bond acceptors (Lipinski definition) is 16. The molecule has 1 heterocycles. The average Bonchev–Trinajstić information content (AvgIpc) is 3.96. The maximum Gasteiger partial charge on any atom is 0.326 e. The maximum absolute atomic E-state index is 14.4. The van der Waals surface area contributed by atoms with Crippen LogP contribution in [0.3, 0.4) is 0 Å². The summed E-state index contributed by atoms with van der Waals surface area (Å²) < 4.78 is 0. The van der Waals surface area contributed by atoms with Gasteiger partial charge in [-0.05, 0) is 101 Å². The lowest BCUT2D eigenvalue weighted by Gasteiger charge is -2.32. The molecule has 1 rings (SSSR count). The minimum Gasteiger partial charge on any atom is -0.480 e. The Labute approximate surface area is 498 Å². The molecule has 0 saturated carbocycles. The van der Waals surface area contributed by atoms with Crippen molar-refractivity contribution in [3.8, 4) is 0 Å². The molecule has 0 aromatic rings. The van der Waals surface area contributed by atoms with Crippen LogP contribution in [-0.4, -0.2) is 185 Å². The summed E-state index contributed by atoms with van der Waals surface area (Å²) in [6.45, 7) is 15.2. The number of amides is 10. The second-order valence-corrected chi connectivity index (χ2v) is 22.8. The third kappa shape index (κ3) is 27.5. The molecule has 0 aromatic carbocycles. The van der Waals surface area contributed by atoms with Gasteiger partial charge in [0.1, 0.15) is 54.4 Å². The van der Waals surface area contributed by atoms with Crippen LogP contribution in [0.25, 0.3) is 0 Å². The Morgan fingerprint density at radius 3 is 1.49 bits per heavy atom. The number of aliphatic hydroxyl groups is 1. The number of nitrogens with one attached hydrogen (secondary N) is 8. The highest BCUT2D eigenvalue weighted by molar-refractivity contribution is 5.99. The van der Waals surface area contributed by atoms with E-state index in [4.69, 9.17) is 40.1 Å². The molecule has 12 atom stereocenters. The number of aliphatic carboxylic acids is 1. The zero-order valence-corrected chi connectivity index (χ0v) is 50.9. The minimum absolute atomic E-state index is 0.000778. The van der Waals surface area contributed by atoms with E-state index in [1.165, 1.54) is 6.92 Å². The van der Waals surface area contributed by atoms with E-state index in [0.717, 1.165) is 4.90 Å². The second kappa shape index (κ2) is 38.5. The van der Waals surface area contributed by atoms with Crippen molar-refractivity contribution < 1.29 is 63.0 Å². The van der Waals surface area contributed by atoms with Crippen molar-refractivity contribution in [1.82, 2.24) is 47.4 Å². The lowest BCUT2D eigenvalue weighted by molar-refractivity contribution is -0.145. The zero-order chi connectivity index (χ0) is 64.8. The van der Waals surface area contributed by atoms with Crippen LogP contribution < -0.4 is 82.7 Å². The van der Waals surface area contributed by atoms with Gasteiger partial charge in [-0.25, -0.2) is 4.79 Å². The fourth-order valence-electron chi connectivity index (χ4n) is 9.15. The summed E-state index contributed by atoms with van der Waals surface area (Å²) in [5.74, 6) is -11.8. The van der Waals surface area contributed by atoms with Gasteiger partial charge in [-0.15, -0.1) is 0 Å². The molecule has 31 nitrogen and oxygen atoms in total. The molecule has 85 heavy (non-hydrogen) atoms. The first-order valence-electron chi connectivity index (χ1n) is 29.3. The molecule has 1 aliphatic rings. The van der Waals surface area contributed by atoms with Gasteiger partial charge in [0.25, 0.3) is 0 Å². The molecular weight excluding hydrogens is 1110 g/mol. The average molecular weight is 1210 g/mol. The fraction of sp³-hybridized carbons (Fsp3) is 0.759. The van der Waals surface area contributed by atoms with Crippen molar-refractivity contribution in [3.05, 3.63) is 0 Å². The van der Waals surface area contributed by atoms with Crippen LogP contribution in [0, 0.1) is 23.7 Å². The summed E-state index contributed by atoms with van der Waals surface area (Å²) in [6, 6.07) is -13.2. The van der Waals surface area contributed by atoms with E-state index >= 15 is 0 Å². The van der Waals surface area contributed by atoms with Crippen molar-refractivity contribution in [1.29, 1.82) is 0 Å². The smallest absolute Gasteiger partial charge is 0.326 e. The third-order valence-electron chi connectivity index (χ3n) is 14.3. The highest BCUT2D eigenvalue weighted by Gasteiger charge is 2.42. The van der Waals surface area contributed by atoms with Crippen molar-refractivity contribution in [2.45, 2.75) is 212 Å². The van der Waals surface area contributed by atoms with E-state index in [1.807, 2.05) is 0 Å². The van der Waals surface area contributed by atoms with Gasteiger partial charge in [0, 0.05) is 26.1 Å². The summed E-state index contributed by atoms with van der Waals surface area (Å²) >= 11 is 0. The molecule has 1 fully saturated rings. The number of nitrogens with two attached hydrogens (primary N) is 7. The molecule has 0 unspecified atom stereocenters. The largest absolute Gasteiger partial charge is 0.480 e. The molecular formula is C54H100N18O13. The number of likely N-dealkylation sites (tertiary alicyclic amines) is 1. The number of primary amides is 1. The lowest BCUT2D eigenvalue weighted by Crippen LogP contribution is -2.62. The monoisotopic (exact) mass is 1210 g/mol. The number of aliphatic imine (C=N–C) groups is 2. The predicted molar refractivity (Wildman–Crippen MR) is 317 cm³/mol. The first-order valence-corrected chi connectivity index (χ1v) is 29.3. The van der Waals surface area contributed by atoms with Crippen LogP contribution in [0.5, 0.6) is 0 Å². The normalized spacial score (nSPS) is 17.0. The van der Waals surface area contributed by atoms with Crippen LogP contribution in [0.2, 0.25) is 0 Å². The molecule has 1 saturated heterocycles. The van der Waals surface area contributed by atoms with Crippen LogP contribution in [0.15, 0.2) is 9.98 Å². The van der Waals surface area contributed by atoms with Gasteiger partial charge in [0.2, 0.25) is 59.1 Å². The maximum atomic E-state index is 14.4. The number of aliphatic hydroxyl groups excluding tert-OH is 1. The summed E-state index contributed by atoms with van der Waals surface area (Å²) in [4.78, 5) is 159. The molecule has 0 radical (unpaired) electrons. The van der Waals surface area contributed by atoms with E-state index in [2.05, 4.69) is 52.5 Å². The number of hydrogen-bond donors (Lipinski definition) is 17. The Balaban J connectivity index is 3.54. The lowest BCUT2D eigenvalue weighted by atomic mass is 9.96. The SMILES string of the molecule is CC[C@H](C)[C@H](NC(=O)[C@@H](N)CCCCN)C(=O)N[C@@H](CCC(N)=O)C(=O)N[C@@H](CCCN=C(N)N)C(=O)N[C@@H](CC(C)C)C(=O)N[C@H](C(=O)N[C@H](C(=O)N1CCC[C@H]1C(=O)N[C@@H](CCCN=C(N)N)C(=O)N[C@H](C(=O)O)C(C)C)[C@@H](C)O)C(C)C. The fourth-order valence-corrected chi connectivity index (χ4v) is 9.15. The van der Waals surface area contributed by atoms with Gasteiger partial charge in [-0.3, -0.25) is 57.9 Å². The number of guanidine groups is 2. The first-order chi connectivity index (χ1) is 39.8. The number of carbonyl (C=O) groups excluding carboxylic acids is 10. The zero-order valence-electron chi connectivity index (χ0n) is 50.9. The summed E-state index contributed by atoms with van der Waals surface area (Å²) in [5.41, 5.74) is 39.1. The standard InChI is InChI=1S/C54H100N18O13/c1-10-30(8)41(70-43(75)32(56)16-11-12-22-55)50(82)66-35(20-21-38(57)74)45(77)64-33(17-13-23-62-53(58)59)44(76)67-36(26-27(2)3)47(79)68-39(28(4)5)49(81)71-42(31(9)73)51(83)72-25-15-19-37(72)48(80)65-34(18-14-24-63-54(60)61)46(78)69-40(29(6)7)52(84)85/h27-37,39-42,73H,10-26,55-56H2,1-9H3,(H2,57,74)(H,64,77)(H,65,80)(H,66,82)(H,67,76)(H,68,79)(H,69,78)(H,70,75)(H,71,81)(H,84,85)(H4,58,59,62)(H4,60,61,63)/t30-,31+,32-,33-,34-,35-,36-,37-,39-,40-,41-,42-/m0/s1. The molecule has 1 aliphatic heterocycles. The van der Waals surface area contributed by atoms with Crippen LogP contribution >= 0.6 is 0 Å². The van der Waals surface area contributed by atoms with Gasteiger partial charge >= 0.3 is 5.97 Å². The van der Waals surface area contributed by atoms with Crippen molar-refractivity contribution >= 4 is 77.0 Å². The molecule has 31 heteroatoms. The molecule has 484 valence electrons. The molecule has 0 aromatic heterocycles. The number of nitrogens with zero attached hydrogens (tertiary/aromatic N) is 3. The van der Waals surface area contributed by atoms with E-state index < -0.39 is 149 Å². The predicted octanol–water partition coefficient (Wildman–Crippen LogP) is -4.45. The molecule has 0 bridgehead atoms. The highest BCUT2D eigenvalue weighted by Crippen LogP contribution is 2.21. The van der Waals surface area contributed by atoms with E-state index in [9.17, 15) is 63.0 Å². The summed E-state index contributed by atoms with van der Waals surface area (Å²) in [7, 11) is 0. The van der Waals surface area contributed by atoms with Gasteiger partial charge in [0.15, 0.2) is 11.9 Å². The Morgan fingerprint density at radius 2 is 1.01 bits per heavy atom. The number of carboxylic acid groups (broad SMARTS) is 1. The van der Waals surface area contributed by atoms with E-state index in [-0.39, 0.29) is 88.8 Å². The topological polar surface area (TPSA) is 535 Å². The Kier molecular flexibility index (Phi) is 34.3. The van der Waals surface area contributed by atoms with E-state index in [0.29, 0.717) is 38.6 Å².